The molecule has 0 saturated heterocycles. The van der Waals surface area contributed by atoms with Crippen molar-refractivity contribution in [1.29, 1.82) is 0 Å². The lowest BCUT2D eigenvalue weighted by atomic mass is 10.0. The van der Waals surface area contributed by atoms with Gasteiger partial charge in [-0.2, -0.15) is 0 Å². The first-order chi connectivity index (χ1) is 12.3. The zero-order valence-electron chi connectivity index (χ0n) is 14.7. The number of carbonyl (C=O) groups is 1. The number of amides is 1. The SMILES string of the molecule is CC[C@H](NC(=O)CCSc1ccc(Cl)cc1)c1ccc(S(C)(=O)=O)cc1. The molecule has 2 aromatic carbocycles. The normalized spacial score (nSPS) is 12.6. The van der Waals surface area contributed by atoms with Crippen LogP contribution in [0.5, 0.6) is 0 Å². The fourth-order valence-electron chi connectivity index (χ4n) is 2.43. The summed E-state index contributed by atoms with van der Waals surface area (Å²) >= 11 is 7.46. The second kappa shape index (κ2) is 9.44. The molecule has 0 saturated carbocycles. The maximum atomic E-state index is 12.2. The number of hydrogen-bond donors (Lipinski definition) is 1. The molecular formula is C19H22ClNO3S2. The minimum atomic E-state index is -3.21. The van der Waals surface area contributed by atoms with E-state index in [-0.39, 0.29) is 16.8 Å². The molecule has 4 nitrogen and oxygen atoms in total. The van der Waals surface area contributed by atoms with Crippen LogP contribution in [-0.4, -0.2) is 26.3 Å². The highest BCUT2D eigenvalue weighted by Crippen LogP contribution is 2.22. The molecular weight excluding hydrogens is 390 g/mol. The Morgan fingerprint density at radius 2 is 1.73 bits per heavy atom. The van der Waals surface area contributed by atoms with E-state index in [1.165, 1.54) is 6.26 Å². The van der Waals surface area contributed by atoms with E-state index in [4.69, 9.17) is 11.6 Å². The van der Waals surface area contributed by atoms with Crippen LogP contribution in [0.25, 0.3) is 0 Å². The zero-order chi connectivity index (χ0) is 19.2. The van der Waals surface area contributed by atoms with Gasteiger partial charge in [0, 0.05) is 28.3 Å². The van der Waals surface area contributed by atoms with Crippen molar-refractivity contribution in [2.75, 3.05) is 12.0 Å². The summed E-state index contributed by atoms with van der Waals surface area (Å²) in [5.41, 5.74) is 0.901. The quantitative estimate of drug-likeness (QED) is 0.650. The van der Waals surface area contributed by atoms with Crippen molar-refractivity contribution in [2.45, 2.75) is 35.6 Å². The van der Waals surface area contributed by atoms with Gasteiger partial charge in [-0.3, -0.25) is 4.79 Å². The Morgan fingerprint density at radius 3 is 2.27 bits per heavy atom. The molecule has 0 aliphatic carbocycles. The van der Waals surface area contributed by atoms with Gasteiger partial charge in [0.05, 0.1) is 10.9 Å². The van der Waals surface area contributed by atoms with Crippen molar-refractivity contribution in [3.63, 3.8) is 0 Å². The minimum Gasteiger partial charge on any atom is -0.349 e. The summed E-state index contributed by atoms with van der Waals surface area (Å²) in [4.78, 5) is 13.6. The van der Waals surface area contributed by atoms with E-state index in [1.54, 1.807) is 36.0 Å². The maximum Gasteiger partial charge on any atom is 0.221 e. The largest absolute Gasteiger partial charge is 0.349 e. The number of nitrogens with one attached hydrogen (secondary N) is 1. The summed E-state index contributed by atoms with van der Waals surface area (Å²) < 4.78 is 23.1. The second-order valence-corrected chi connectivity index (χ2v) is 9.54. The van der Waals surface area contributed by atoms with Crippen LogP contribution in [0.15, 0.2) is 58.3 Å². The van der Waals surface area contributed by atoms with Gasteiger partial charge in [0.25, 0.3) is 0 Å². The van der Waals surface area contributed by atoms with Gasteiger partial charge in [0.2, 0.25) is 5.91 Å². The number of thioether (sulfide) groups is 1. The maximum absolute atomic E-state index is 12.2. The first kappa shape index (κ1) is 20.8. The van der Waals surface area contributed by atoms with Gasteiger partial charge in [-0.15, -0.1) is 11.8 Å². The Balaban J connectivity index is 1.88. The number of sulfone groups is 1. The summed E-state index contributed by atoms with van der Waals surface area (Å²) in [6, 6.07) is 14.1. The minimum absolute atomic E-state index is 0.0227. The van der Waals surface area contributed by atoms with Gasteiger partial charge in [0.1, 0.15) is 0 Å². The van der Waals surface area contributed by atoms with Crippen LogP contribution in [0.1, 0.15) is 31.4 Å². The van der Waals surface area contributed by atoms with Crippen LogP contribution in [-0.2, 0) is 14.6 Å². The fraction of sp³-hybridized carbons (Fsp3) is 0.316. The standard InChI is InChI=1S/C19H22ClNO3S2/c1-3-18(14-4-10-17(11-5-14)26(2,23)24)21-19(22)12-13-25-16-8-6-15(20)7-9-16/h4-11,18H,3,12-13H2,1-2H3,(H,21,22)/t18-/m0/s1. The van der Waals surface area contributed by atoms with Crippen molar-refractivity contribution < 1.29 is 13.2 Å². The molecule has 7 heteroatoms. The van der Waals surface area contributed by atoms with Crippen molar-refractivity contribution in [3.8, 4) is 0 Å². The molecule has 0 aromatic heterocycles. The summed E-state index contributed by atoms with van der Waals surface area (Å²) in [5, 5.41) is 3.71. The lowest BCUT2D eigenvalue weighted by Gasteiger charge is -2.18. The first-order valence-electron chi connectivity index (χ1n) is 8.27. The Morgan fingerprint density at radius 1 is 1.12 bits per heavy atom. The molecule has 0 fully saturated rings. The fourth-order valence-corrected chi connectivity index (χ4v) is 4.04. The number of carbonyl (C=O) groups excluding carboxylic acids is 1. The molecule has 1 atom stereocenters. The Kier molecular flexibility index (Phi) is 7.55. The van der Waals surface area contributed by atoms with Crippen molar-refractivity contribution in [3.05, 3.63) is 59.1 Å². The van der Waals surface area contributed by atoms with E-state index in [1.807, 2.05) is 31.2 Å². The van der Waals surface area contributed by atoms with Crippen molar-refractivity contribution >= 4 is 39.1 Å². The third-order valence-corrected chi connectivity index (χ3v) is 6.26. The van der Waals surface area contributed by atoms with E-state index >= 15 is 0 Å². The van der Waals surface area contributed by atoms with Gasteiger partial charge in [-0.1, -0.05) is 30.7 Å². The number of hydrogen-bond acceptors (Lipinski definition) is 4. The van der Waals surface area contributed by atoms with Crippen LogP contribution in [0.3, 0.4) is 0 Å². The molecule has 0 unspecified atom stereocenters. The average molecular weight is 412 g/mol. The molecule has 0 radical (unpaired) electrons. The molecule has 2 aromatic rings. The molecule has 0 bridgehead atoms. The summed E-state index contributed by atoms with van der Waals surface area (Å²) in [5.74, 6) is 0.655. The molecule has 0 spiro atoms. The highest BCUT2D eigenvalue weighted by Gasteiger charge is 2.14. The van der Waals surface area contributed by atoms with Crippen LogP contribution in [0.4, 0.5) is 0 Å². The van der Waals surface area contributed by atoms with Crippen LogP contribution < -0.4 is 5.32 Å². The van der Waals surface area contributed by atoms with Gasteiger partial charge >= 0.3 is 0 Å². The molecule has 1 N–H and O–H groups in total. The van der Waals surface area contributed by atoms with E-state index in [0.717, 1.165) is 16.9 Å². The molecule has 140 valence electrons. The average Bonchev–Trinajstić information content (AvgIpc) is 2.61. The molecule has 2 rings (SSSR count). The second-order valence-electron chi connectivity index (χ2n) is 5.92. The molecule has 0 aliphatic heterocycles. The molecule has 0 heterocycles. The van der Waals surface area contributed by atoms with Gasteiger partial charge in [-0.25, -0.2) is 8.42 Å². The Labute approximate surface area is 164 Å². The summed E-state index contributed by atoms with van der Waals surface area (Å²) in [7, 11) is -3.21. The van der Waals surface area contributed by atoms with Crippen LogP contribution in [0.2, 0.25) is 5.02 Å². The molecule has 26 heavy (non-hydrogen) atoms. The highest BCUT2D eigenvalue weighted by atomic mass is 35.5. The van der Waals surface area contributed by atoms with Crippen LogP contribution >= 0.6 is 23.4 Å². The van der Waals surface area contributed by atoms with E-state index in [2.05, 4.69) is 5.32 Å². The highest BCUT2D eigenvalue weighted by molar-refractivity contribution is 7.99. The van der Waals surface area contributed by atoms with E-state index < -0.39 is 9.84 Å². The monoisotopic (exact) mass is 411 g/mol. The van der Waals surface area contributed by atoms with E-state index in [0.29, 0.717) is 17.2 Å². The predicted octanol–water partition coefficient (Wildman–Crippen LogP) is 4.49. The summed E-state index contributed by atoms with van der Waals surface area (Å²) in [6.07, 6.45) is 2.32. The lowest BCUT2D eigenvalue weighted by Crippen LogP contribution is -2.28. The Hall–Kier alpha value is -1.50. The zero-order valence-corrected chi connectivity index (χ0v) is 17.1. The summed E-state index contributed by atoms with van der Waals surface area (Å²) in [6.45, 7) is 1.98. The van der Waals surface area contributed by atoms with E-state index in [9.17, 15) is 13.2 Å². The third kappa shape index (κ3) is 6.34. The number of benzene rings is 2. The van der Waals surface area contributed by atoms with Crippen molar-refractivity contribution in [1.82, 2.24) is 5.32 Å². The number of rotatable bonds is 8. The third-order valence-electron chi connectivity index (χ3n) is 3.87. The van der Waals surface area contributed by atoms with Gasteiger partial charge in [0.15, 0.2) is 9.84 Å². The topological polar surface area (TPSA) is 63.2 Å². The van der Waals surface area contributed by atoms with Gasteiger partial charge < -0.3 is 5.32 Å². The van der Waals surface area contributed by atoms with Gasteiger partial charge in [-0.05, 0) is 48.4 Å². The predicted molar refractivity (Wildman–Crippen MR) is 108 cm³/mol. The molecule has 1 amide bonds. The molecule has 0 aliphatic rings. The first-order valence-corrected chi connectivity index (χ1v) is 11.5. The Bertz CT molecular complexity index is 834. The van der Waals surface area contributed by atoms with Crippen LogP contribution in [0, 0.1) is 0 Å². The van der Waals surface area contributed by atoms with Crippen molar-refractivity contribution in [2.24, 2.45) is 0 Å². The lowest BCUT2D eigenvalue weighted by molar-refractivity contribution is -0.121. The smallest absolute Gasteiger partial charge is 0.221 e. The number of halogens is 1.